The molecule has 0 heterocycles. The molecule has 81 valence electrons. The van der Waals surface area contributed by atoms with Crippen molar-refractivity contribution in [2.45, 2.75) is 6.92 Å². The van der Waals surface area contributed by atoms with Gasteiger partial charge in [-0.15, -0.1) is 0 Å². The molecule has 0 amide bonds. The highest BCUT2D eigenvalue weighted by Gasteiger charge is 2.19. The van der Waals surface area contributed by atoms with Gasteiger partial charge in [0.25, 0.3) is 0 Å². The van der Waals surface area contributed by atoms with Crippen molar-refractivity contribution in [3.8, 4) is 0 Å². The van der Waals surface area contributed by atoms with Crippen molar-refractivity contribution in [3.63, 3.8) is 0 Å². The molecule has 0 aliphatic carbocycles. The van der Waals surface area contributed by atoms with E-state index in [9.17, 15) is 13.2 Å². The lowest BCUT2D eigenvalue weighted by Gasteiger charge is -2.20. The van der Waals surface area contributed by atoms with Crippen LogP contribution in [-0.2, 0) is 14.8 Å². The monoisotopic (exact) mass is 226 g/mol. The summed E-state index contributed by atoms with van der Waals surface area (Å²) in [5, 5.41) is 0. The summed E-state index contributed by atoms with van der Waals surface area (Å²) in [5.74, 6) is -0.0381. The highest BCUT2D eigenvalue weighted by Crippen LogP contribution is 2.16. The largest absolute Gasteiger partial charge is 0.289 e. The molecule has 0 aromatic heterocycles. The van der Waals surface area contributed by atoms with Crippen LogP contribution in [0.4, 0.5) is 5.69 Å². The van der Waals surface area contributed by atoms with E-state index in [0.717, 1.165) is 4.31 Å². The highest BCUT2D eigenvalue weighted by atomic mass is 32.2. The first-order chi connectivity index (χ1) is 7.11. The van der Waals surface area contributed by atoms with Gasteiger partial charge in [0.2, 0.25) is 16.3 Å². The molecule has 1 rings (SSSR count). The molecule has 0 bridgehead atoms. The zero-order chi connectivity index (χ0) is 11.3. The van der Waals surface area contributed by atoms with E-state index in [2.05, 4.69) is 0 Å². The highest BCUT2D eigenvalue weighted by molar-refractivity contribution is 7.92. The molecule has 5 heteroatoms. The molecule has 0 saturated carbocycles. The molecule has 0 spiro atoms. The van der Waals surface area contributed by atoms with Crippen molar-refractivity contribution in [2.24, 2.45) is 0 Å². The maximum atomic E-state index is 11.6. The molecule has 1 radical (unpaired) electrons. The average Bonchev–Trinajstić information content (AvgIpc) is 2.27. The Hall–Kier alpha value is -1.36. The summed E-state index contributed by atoms with van der Waals surface area (Å²) >= 11 is 0. The smallest absolute Gasteiger partial charge is 0.235 e. The van der Waals surface area contributed by atoms with E-state index in [1.807, 2.05) is 0 Å². The van der Waals surface area contributed by atoms with Crippen LogP contribution in [0.1, 0.15) is 6.92 Å². The van der Waals surface area contributed by atoms with Crippen LogP contribution in [0.3, 0.4) is 0 Å². The molecule has 0 unspecified atom stereocenters. The number of carbonyl (C=O) groups excluding carboxylic acids is 1. The molecular weight excluding hydrogens is 214 g/mol. The molecule has 1 aromatic carbocycles. The number of para-hydroxylation sites is 1. The number of hydrogen-bond acceptors (Lipinski definition) is 3. The Morgan fingerprint density at radius 3 is 2.33 bits per heavy atom. The predicted molar refractivity (Wildman–Crippen MR) is 58.9 cm³/mol. The summed E-state index contributed by atoms with van der Waals surface area (Å²) < 4.78 is 24.3. The number of sulfonamides is 1. The Kier molecular flexibility index (Phi) is 3.85. The first-order valence-electron chi connectivity index (χ1n) is 4.52. The predicted octanol–water partition coefficient (Wildman–Crippen LogP) is 0.952. The quantitative estimate of drug-likeness (QED) is 0.751. The van der Waals surface area contributed by atoms with Crippen molar-refractivity contribution in [2.75, 3.05) is 16.6 Å². The maximum Gasteiger partial charge on any atom is 0.235 e. The van der Waals surface area contributed by atoms with Crippen LogP contribution in [0, 0.1) is 0 Å². The third-order valence-corrected chi connectivity index (χ3v) is 3.69. The van der Waals surface area contributed by atoms with E-state index in [4.69, 9.17) is 0 Å². The maximum absolute atomic E-state index is 11.6. The van der Waals surface area contributed by atoms with Gasteiger partial charge in [0.1, 0.15) is 6.54 Å². The van der Waals surface area contributed by atoms with Crippen molar-refractivity contribution in [1.82, 2.24) is 0 Å². The average molecular weight is 226 g/mol. The SMILES string of the molecule is CCS(=O)(=O)N(C[C]=O)c1ccccc1. The van der Waals surface area contributed by atoms with Crippen LogP contribution < -0.4 is 4.31 Å². The standard InChI is InChI=1S/C10H12NO3S/c1-2-15(13,14)11(8-9-12)10-6-4-3-5-7-10/h3-7H,2,8H2,1H3. The molecule has 0 aliphatic heterocycles. The Morgan fingerprint density at radius 2 is 1.87 bits per heavy atom. The van der Waals surface area contributed by atoms with Crippen LogP contribution in [-0.4, -0.2) is 27.0 Å². The summed E-state index contributed by atoms with van der Waals surface area (Å²) in [4.78, 5) is 10.3. The molecular formula is C10H12NO3S. The third kappa shape index (κ3) is 2.79. The van der Waals surface area contributed by atoms with E-state index in [0.29, 0.717) is 5.69 Å². The first-order valence-corrected chi connectivity index (χ1v) is 6.13. The van der Waals surface area contributed by atoms with Gasteiger partial charge < -0.3 is 0 Å². The molecule has 1 aromatic rings. The van der Waals surface area contributed by atoms with Gasteiger partial charge in [-0.3, -0.25) is 9.10 Å². The fourth-order valence-electron chi connectivity index (χ4n) is 1.16. The fourth-order valence-corrected chi connectivity index (χ4v) is 2.16. The Labute approximate surface area is 89.6 Å². The van der Waals surface area contributed by atoms with Gasteiger partial charge >= 0.3 is 0 Å². The minimum Gasteiger partial charge on any atom is -0.289 e. The third-order valence-electron chi connectivity index (χ3n) is 1.95. The lowest BCUT2D eigenvalue weighted by Crippen LogP contribution is -2.33. The van der Waals surface area contributed by atoms with E-state index in [1.54, 1.807) is 36.6 Å². The van der Waals surface area contributed by atoms with Gasteiger partial charge in [0.15, 0.2) is 0 Å². The van der Waals surface area contributed by atoms with Gasteiger partial charge in [0, 0.05) is 0 Å². The molecule has 0 saturated heterocycles. The summed E-state index contributed by atoms with van der Waals surface area (Å²) in [6, 6.07) is 8.51. The second kappa shape index (κ2) is 4.93. The molecule has 15 heavy (non-hydrogen) atoms. The first kappa shape index (κ1) is 11.7. The number of nitrogens with zero attached hydrogens (tertiary/aromatic N) is 1. The number of anilines is 1. The van der Waals surface area contributed by atoms with Gasteiger partial charge in [-0.1, -0.05) is 18.2 Å². The summed E-state index contributed by atoms with van der Waals surface area (Å²) in [5.41, 5.74) is 0.489. The normalized spacial score (nSPS) is 11.0. The fraction of sp³-hybridized carbons (Fsp3) is 0.300. The van der Waals surface area contributed by atoms with Crippen LogP contribution in [0.5, 0.6) is 0 Å². The van der Waals surface area contributed by atoms with Crippen molar-refractivity contribution in [3.05, 3.63) is 30.3 Å². The Bertz CT molecular complexity index is 414. The summed E-state index contributed by atoms with van der Waals surface area (Å²) in [6.07, 6.45) is 1.60. The molecule has 0 atom stereocenters. The molecule has 0 aliphatic rings. The van der Waals surface area contributed by atoms with E-state index >= 15 is 0 Å². The van der Waals surface area contributed by atoms with Gasteiger partial charge in [-0.05, 0) is 19.1 Å². The van der Waals surface area contributed by atoms with E-state index in [-0.39, 0.29) is 12.3 Å². The molecule has 4 nitrogen and oxygen atoms in total. The van der Waals surface area contributed by atoms with Crippen LogP contribution in [0.25, 0.3) is 0 Å². The van der Waals surface area contributed by atoms with Crippen LogP contribution in [0.15, 0.2) is 30.3 Å². The van der Waals surface area contributed by atoms with Crippen molar-refractivity contribution in [1.29, 1.82) is 0 Å². The minimum absolute atomic E-state index is 0.0381. The lowest BCUT2D eigenvalue weighted by molar-refractivity contribution is 0.554. The van der Waals surface area contributed by atoms with Gasteiger partial charge in [-0.2, -0.15) is 0 Å². The summed E-state index contributed by atoms with van der Waals surface area (Å²) in [6.45, 7) is 1.27. The number of benzene rings is 1. The second-order valence-electron chi connectivity index (χ2n) is 2.89. The van der Waals surface area contributed by atoms with Crippen LogP contribution in [0.2, 0.25) is 0 Å². The zero-order valence-corrected chi connectivity index (χ0v) is 9.20. The second-order valence-corrected chi connectivity index (χ2v) is 5.07. The zero-order valence-electron chi connectivity index (χ0n) is 8.38. The minimum atomic E-state index is -3.40. The van der Waals surface area contributed by atoms with Gasteiger partial charge in [-0.25, -0.2) is 8.42 Å². The topological polar surface area (TPSA) is 54.5 Å². The van der Waals surface area contributed by atoms with Gasteiger partial charge in [0.05, 0.1) is 11.4 Å². The Morgan fingerprint density at radius 1 is 1.27 bits per heavy atom. The summed E-state index contributed by atoms with van der Waals surface area (Å²) in [7, 11) is -3.40. The molecule has 0 fully saturated rings. The van der Waals surface area contributed by atoms with Crippen molar-refractivity contribution >= 4 is 22.0 Å². The van der Waals surface area contributed by atoms with Crippen LogP contribution >= 0.6 is 0 Å². The number of rotatable bonds is 5. The van der Waals surface area contributed by atoms with E-state index < -0.39 is 10.0 Å². The Balaban J connectivity index is 3.09. The number of hydrogen-bond donors (Lipinski definition) is 0. The van der Waals surface area contributed by atoms with Crippen molar-refractivity contribution < 1.29 is 13.2 Å². The molecule has 0 N–H and O–H groups in total. The lowest BCUT2D eigenvalue weighted by atomic mass is 10.3. The van der Waals surface area contributed by atoms with E-state index in [1.165, 1.54) is 6.92 Å².